The Morgan fingerprint density at radius 3 is 2.32 bits per heavy atom. The summed E-state index contributed by atoms with van der Waals surface area (Å²) in [5.41, 5.74) is 0.448. The fourth-order valence-electron chi connectivity index (χ4n) is 2.44. The third kappa shape index (κ3) is 2.99. The topological polar surface area (TPSA) is 99.3 Å². The molecule has 0 saturated heterocycles. The predicted molar refractivity (Wildman–Crippen MR) is 97.4 cm³/mol. The van der Waals surface area contributed by atoms with Crippen LogP contribution < -0.4 is 8.43 Å². The first-order valence-corrected chi connectivity index (χ1v) is 10.3. The normalized spacial score (nSPS) is 12.4. The quantitative estimate of drug-likeness (QED) is 0.688. The van der Waals surface area contributed by atoms with Gasteiger partial charge in [0.15, 0.2) is 0 Å². The van der Waals surface area contributed by atoms with Gasteiger partial charge in [0.2, 0.25) is 0 Å². The number of aromatic nitrogens is 1. The van der Waals surface area contributed by atoms with E-state index in [1.807, 2.05) is 0 Å². The molecule has 1 aromatic heterocycles. The lowest BCUT2D eigenvalue weighted by Crippen LogP contribution is -2.43. The van der Waals surface area contributed by atoms with Gasteiger partial charge in [-0.3, -0.25) is 0 Å². The number of halogens is 1. The maximum Gasteiger partial charge on any atom is 0.314 e. The second kappa shape index (κ2) is 6.34. The predicted octanol–water partition coefficient (Wildman–Crippen LogP) is 2.48. The van der Waals surface area contributed by atoms with E-state index in [0.717, 1.165) is 7.05 Å². The Balaban J connectivity index is 2.37. The van der Waals surface area contributed by atoms with Gasteiger partial charge in [-0.15, -0.1) is 3.71 Å². The number of benzene rings is 2. The molecule has 2 N–H and O–H groups in total. The molecule has 3 aromatic rings. The lowest BCUT2D eigenvalue weighted by atomic mass is 10.2. The largest absolute Gasteiger partial charge is 0.360 e. The number of hydrogen-bond donors (Lipinski definition) is 2. The van der Waals surface area contributed by atoms with E-state index in [4.69, 9.17) is 11.6 Å². The molecule has 25 heavy (non-hydrogen) atoms. The van der Waals surface area contributed by atoms with E-state index in [2.05, 4.69) is 9.71 Å². The molecule has 0 aliphatic rings. The highest BCUT2D eigenvalue weighted by molar-refractivity contribution is 8.09. The Kier molecular flexibility index (Phi) is 4.50. The zero-order chi connectivity index (χ0) is 18.2. The van der Waals surface area contributed by atoms with E-state index in [9.17, 15) is 16.8 Å². The number of sulfonamides is 1. The van der Waals surface area contributed by atoms with E-state index in [1.54, 1.807) is 18.2 Å². The van der Waals surface area contributed by atoms with Gasteiger partial charge in [0, 0.05) is 24.1 Å². The molecule has 0 unspecified atom stereocenters. The summed E-state index contributed by atoms with van der Waals surface area (Å²) in [7, 11) is -7.64. The minimum Gasteiger partial charge on any atom is -0.360 e. The molecule has 2 aromatic carbocycles. The van der Waals surface area contributed by atoms with Gasteiger partial charge in [-0.1, -0.05) is 35.9 Å². The minimum absolute atomic E-state index is 0.0676. The molecule has 0 atom stereocenters. The average molecular weight is 400 g/mol. The van der Waals surface area contributed by atoms with E-state index in [1.165, 1.54) is 36.5 Å². The summed E-state index contributed by atoms with van der Waals surface area (Å²) < 4.78 is 53.7. The van der Waals surface area contributed by atoms with Crippen molar-refractivity contribution in [3.8, 4) is 0 Å². The van der Waals surface area contributed by atoms with Crippen LogP contribution in [0, 0.1) is 0 Å². The van der Waals surface area contributed by atoms with Crippen LogP contribution in [0.4, 0.5) is 5.69 Å². The Morgan fingerprint density at radius 1 is 1.00 bits per heavy atom. The van der Waals surface area contributed by atoms with Gasteiger partial charge in [-0.05, 0) is 24.3 Å². The number of nitrogens with zero attached hydrogens (tertiary/aromatic N) is 1. The van der Waals surface area contributed by atoms with Crippen molar-refractivity contribution in [2.45, 2.75) is 4.90 Å². The number of hydrogen-bond acceptors (Lipinski definition) is 4. The van der Waals surface area contributed by atoms with Crippen LogP contribution in [-0.2, 0) is 20.2 Å². The van der Waals surface area contributed by atoms with Crippen molar-refractivity contribution in [2.75, 3.05) is 10.8 Å². The molecule has 0 aliphatic heterocycles. The molecule has 0 bridgehead atoms. The van der Waals surface area contributed by atoms with E-state index in [-0.39, 0.29) is 15.6 Å². The van der Waals surface area contributed by atoms with Crippen LogP contribution in [0.1, 0.15) is 0 Å². The van der Waals surface area contributed by atoms with Gasteiger partial charge in [0.25, 0.3) is 10.0 Å². The zero-order valence-electron chi connectivity index (χ0n) is 13.0. The van der Waals surface area contributed by atoms with Crippen LogP contribution in [0.5, 0.6) is 0 Å². The molecule has 0 amide bonds. The fourth-order valence-corrected chi connectivity index (χ4v) is 5.89. The van der Waals surface area contributed by atoms with E-state index < -0.39 is 20.2 Å². The number of anilines is 1. The second-order valence-corrected chi connectivity index (χ2v) is 9.21. The number of rotatable bonds is 5. The van der Waals surface area contributed by atoms with Crippen LogP contribution in [0.15, 0.2) is 59.6 Å². The molecule has 3 rings (SSSR count). The highest BCUT2D eigenvalue weighted by Crippen LogP contribution is 2.36. The highest BCUT2D eigenvalue weighted by Gasteiger charge is 2.36. The standard InChI is InChI=1S/C15H14ClN3O4S2/c1-17-25(22,23)19(24(20,21)11-6-3-2-4-7-11)14-9-5-8-13-15(14)12(16)10-18-13/h2-10,17-18H,1H3. The minimum atomic E-state index is -4.40. The van der Waals surface area contributed by atoms with Crippen LogP contribution in [0.3, 0.4) is 0 Å². The van der Waals surface area contributed by atoms with Crippen LogP contribution in [-0.4, -0.2) is 28.9 Å². The summed E-state index contributed by atoms with van der Waals surface area (Å²) in [4.78, 5) is 2.72. The molecule has 7 nitrogen and oxygen atoms in total. The van der Waals surface area contributed by atoms with E-state index in [0.29, 0.717) is 14.6 Å². The van der Waals surface area contributed by atoms with Crippen molar-refractivity contribution in [3.63, 3.8) is 0 Å². The maximum atomic E-state index is 13.1. The Hall–Kier alpha value is -2.07. The fraction of sp³-hybridized carbons (Fsp3) is 0.0667. The molecule has 0 spiro atoms. The molecular weight excluding hydrogens is 386 g/mol. The average Bonchev–Trinajstić information content (AvgIpc) is 2.97. The molecule has 0 fully saturated rings. The third-order valence-electron chi connectivity index (χ3n) is 3.57. The smallest absolute Gasteiger partial charge is 0.314 e. The van der Waals surface area contributed by atoms with Crippen molar-refractivity contribution in [1.82, 2.24) is 9.71 Å². The molecule has 0 saturated carbocycles. The molecular formula is C15H14ClN3O4S2. The van der Waals surface area contributed by atoms with Gasteiger partial charge >= 0.3 is 10.2 Å². The first-order chi connectivity index (χ1) is 11.8. The number of H-pyrrole nitrogens is 1. The van der Waals surface area contributed by atoms with Crippen LogP contribution >= 0.6 is 11.6 Å². The van der Waals surface area contributed by atoms with Crippen molar-refractivity contribution >= 4 is 48.4 Å². The Labute approximate surface area is 150 Å². The highest BCUT2D eigenvalue weighted by atomic mass is 35.5. The monoisotopic (exact) mass is 399 g/mol. The Bertz CT molecular complexity index is 1130. The van der Waals surface area contributed by atoms with Crippen molar-refractivity contribution in [2.24, 2.45) is 0 Å². The molecule has 10 heteroatoms. The van der Waals surface area contributed by atoms with E-state index >= 15 is 0 Å². The maximum absolute atomic E-state index is 13.1. The summed E-state index contributed by atoms with van der Waals surface area (Å²) in [6.07, 6.45) is 1.47. The summed E-state index contributed by atoms with van der Waals surface area (Å²) in [5.74, 6) is 0. The third-order valence-corrected chi connectivity index (χ3v) is 7.69. The molecule has 0 radical (unpaired) electrons. The SMILES string of the molecule is CNS(=O)(=O)N(c1cccc2[nH]cc(Cl)c12)S(=O)(=O)c1ccccc1. The summed E-state index contributed by atoms with van der Waals surface area (Å²) in [6, 6.07) is 11.9. The van der Waals surface area contributed by atoms with Crippen molar-refractivity contribution < 1.29 is 16.8 Å². The zero-order valence-corrected chi connectivity index (χ0v) is 15.4. The second-order valence-electron chi connectivity index (χ2n) is 5.06. The van der Waals surface area contributed by atoms with Gasteiger partial charge in [-0.2, -0.15) is 21.6 Å². The number of aromatic amines is 1. The van der Waals surface area contributed by atoms with Gasteiger partial charge in [0.05, 0.1) is 15.6 Å². The number of fused-ring (bicyclic) bond motifs is 1. The van der Waals surface area contributed by atoms with Gasteiger partial charge < -0.3 is 4.98 Å². The Morgan fingerprint density at radius 2 is 1.68 bits per heavy atom. The lowest BCUT2D eigenvalue weighted by molar-refractivity contribution is 0.579. The van der Waals surface area contributed by atoms with Crippen molar-refractivity contribution in [1.29, 1.82) is 0 Å². The summed E-state index contributed by atoms with van der Waals surface area (Å²) in [6.45, 7) is 0. The van der Waals surface area contributed by atoms with Crippen molar-refractivity contribution in [3.05, 3.63) is 59.8 Å². The first-order valence-electron chi connectivity index (χ1n) is 7.08. The number of nitrogens with one attached hydrogen (secondary N) is 2. The summed E-state index contributed by atoms with van der Waals surface area (Å²) in [5, 5.41) is 0.507. The lowest BCUT2D eigenvalue weighted by Gasteiger charge is -2.24. The van der Waals surface area contributed by atoms with Gasteiger partial charge in [-0.25, -0.2) is 0 Å². The van der Waals surface area contributed by atoms with Gasteiger partial charge in [0.1, 0.15) is 0 Å². The molecule has 132 valence electrons. The van der Waals surface area contributed by atoms with Crippen LogP contribution in [0.2, 0.25) is 5.02 Å². The first kappa shape index (κ1) is 17.7. The molecule has 0 aliphatic carbocycles. The molecule has 1 heterocycles. The van der Waals surface area contributed by atoms with Crippen LogP contribution in [0.25, 0.3) is 10.9 Å². The summed E-state index contributed by atoms with van der Waals surface area (Å²) >= 11 is 6.14.